The first-order chi connectivity index (χ1) is 14.5. The van der Waals surface area contributed by atoms with Gasteiger partial charge in [0.25, 0.3) is 0 Å². The van der Waals surface area contributed by atoms with Crippen LogP contribution in [-0.4, -0.2) is 62.9 Å². The summed E-state index contributed by atoms with van der Waals surface area (Å²) in [6.07, 6.45) is 0. The first-order valence-electron chi connectivity index (χ1n) is 10.8. The Labute approximate surface area is 179 Å². The van der Waals surface area contributed by atoms with Crippen molar-refractivity contribution in [1.29, 1.82) is 0 Å². The molecular weight excluding hydrogens is 386 g/mol. The van der Waals surface area contributed by atoms with Gasteiger partial charge in [-0.25, -0.2) is 0 Å². The molecule has 0 bridgehead atoms. The van der Waals surface area contributed by atoms with E-state index < -0.39 is 11.8 Å². The molecule has 1 aromatic carbocycles. The molecule has 4 atom stereocenters. The largest absolute Gasteiger partial charge is 0.497 e. The first kappa shape index (κ1) is 24.2. The molecule has 0 saturated heterocycles. The Kier molecular flexibility index (Phi) is 9.59. The quantitative estimate of drug-likeness (QED) is 0.481. The Balaban J connectivity index is 2.15. The SMILES string of the molecule is CCOC(=O)[C@@H]1[C@@H](C(=O)OCC)[C@@H](COCc2ccc(OC)cc2)[C@H]1N(CC)CC. The van der Waals surface area contributed by atoms with Crippen LogP contribution in [0.4, 0.5) is 0 Å². The highest BCUT2D eigenvalue weighted by molar-refractivity contribution is 5.85. The van der Waals surface area contributed by atoms with E-state index in [1.165, 1.54) is 0 Å². The summed E-state index contributed by atoms with van der Waals surface area (Å²) in [7, 11) is 1.63. The standard InChI is InChI=1S/C23H35NO6/c1-6-24(7-2)21-18(15-28-14-16-10-12-17(27-5)13-11-16)19(22(25)29-8-3)20(21)23(26)30-9-4/h10-13,18-21H,6-9,14-15H2,1-5H3/t18-,19+,20-,21-/m1/s1. The minimum absolute atomic E-state index is 0.107. The minimum Gasteiger partial charge on any atom is -0.497 e. The topological polar surface area (TPSA) is 74.3 Å². The summed E-state index contributed by atoms with van der Waals surface area (Å²) in [5.41, 5.74) is 1.02. The van der Waals surface area contributed by atoms with Crippen molar-refractivity contribution in [2.75, 3.05) is 40.0 Å². The Morgan fingerprint density at radius 2 is 1.47 bits per heavy atom. The molecule has 0 heterocycles. The van der Waals surface area contributed by atoms with Gasteiger partial charge in [0, 0.05) is 12.0 Å². The monoisotopic (exact) mass is 421 g/mol. The van der Waals surface area contributed by atoms with E-state index in [0.29, 0.717) is 13.2 Å². The van der Waals surface area contributed by atoms with E-state index in [-0.39, 0.29) is 37.1 Å². The van der Waals surface area contributed by atoms with E-state index in [1.807, 2.05) is 24.3 Å². The number of esters is 2. The van der Waals surface area contributed by atoms with Crippen molar-refractivity contribution in [1.82, 2.24) is 4.90 Å². The van der Waals surface area contributed by atoms with E-state index >= 15 is 0 Å². The lowest BCUT2D eigenvalue weighted by molar-refractivity contribution is -0.189. The van der Waals surface area contributed by atoms with Gasteiger partial charge in [-0.1, -0.05) is 26.0 Å². The molecular formula is C23H35NO6. The van der Waals surface area contributed by atoms with Crippen LogP contribution in [0.15, 0.2) is 24.3 Å². The Morgan fingerprint density at radius 3 is 1.97 bits per heavy atom. The zero-order valence-electron chi connectivity index (χ0n) is 18.8. The van der Waals surface area contributed by atoms with E-state index in [4.69, 9.17) is 18.9 Å². The summed E-state index contributed by atoms with van der Waals surface area (Å²) in [6.45, 7) is 10.6. The van der Waals surface area contributed by atoms with Gasteiger partial charge >= 0.3 is 11.9 Å². The highest BCUT2D eigenvalue weighted by atomic mass is 16.5. The van der Waals surface area contributed by atoms with Crippen molar-refractivity contribution in [3.63, 3.8) is 0 Å². The second kappa shape index (κ2) is 11.9. The number of carbonyl (C=O) groups is 2. The van der Waals surface area contributed by atoms with E-state index in [1.54, 1.807) is 21.0 Å². The van der Waals surface area contributed by atoms with Gasteiger partial charge in [0.05, 0.1) is 45.4 Å². The number of nitrogens with zero attached hydrogens (tertiary/aromatic N) is 1. The van der Waals surface area contributed by atoms with Gasteiger partial charge in [0.15, 0.2) is 0 Å². The van der Waals surface area contributed by atoms with Crippen molar-refractivity contribution in [3.05, 3.63) is 29.8 Å². The van der Waals surface area contributed by atoms with Gasteiger partial charge in [-0.05, 0) is 44.6 Å². The van der Waals surface area contributed by atoms with Crippen LogP contribution in [0.1, 0.15) is 33.3 Å². The first-order valence-corrected chi connectivity index (χ1v) is 10.8. The zero-order valence-corrected chi connectivity index (χ0v) is 18.8. The number of hydrogen-bond acceptors (Lipinski definition) is 7. The van der Waals surface area contributed by atoms with Crippen LogP contribution in [0.25, 0.3) is 0 Å². The van der Waals surface area contributed by atoms with Crippen LogP contribution in [-0.2, 0) is 30.4 Å². The fourth-order valence-electron chi connectivity index (χ4n) is 4.28. The third kappa shape index (κ3) is 5.52. The molecule has 0 aromatic heterocycles. The summed E-state index contributed by atoms with van der Waals surface area (Å²) in [4.78, 5) is 27.6. The summed E-state index contributed by atoms with van der Waals surface area (Å²) in [5, 5.41) is 0. The van der Waals surface area contributed by atoms with E-state index in [0.717, 1.165) is 24.4 Å². The van der Waals surface area contributed by atoms with Crippen molar-refractivity contribution in [2.24, 2.45) is 17.8 Å². The van der Waals surface area contributed by atoms with Gasteiger partial charge in [-0.3, -0.25) is 14.5 Å². The molecule has 1 aliphatic carbocycles. The molecule has 0 aliphatic heterocycles. The number of ether oxygens (including phenoxy) is 4. The summed E-state index contributed by atoms with van der Waals surface area (Å²) in [6, 6.07) is 7.57. The lowest BCUT2D eigenvalue weighted by Gasteiger charge is -2.53. The average molecular weight is 422 g/mol. The van der Waals surface area contributed by atoms with Gasteiger partial charge in [-0.15, -0.1) is 0 Å². The maximum Gasteiger partial charge on any atom is 0.311 e. The van der Waals surface area contributed by atoms with Gasteiger partial charge in [-0.2, -0.15) is 0 Å². The minimum atomic E-state index is -0.550. The maximum atomic E-state index is 12.7. The molecule has 7 nitrogen and oxygen atoms in total. The molecule has 0 N–H and O–H groups in total. The lowest BCUT2D eigenvalue weighted by Crippen LogP contribution is -2.66. The summed E-state index contributed by atoms with van der Waals surface area (Å²) >= 11 is 0. The number of rotatable bonds is 12. The predicted octanol–water partition coefficient (Wildman–Crippen LogP) is 2.91. The van der Waals surface area contributed by atoms with Crippen LogP contribution in [0.2, 0.25) is 0 Å². The molecule has 0 unspecified atom stereocenters. The molecule has 1 aromatic rings. The predicted molar refractivity (Wildman–Crippen MR) is 113 cm³/mol. The second-order valence-corrected chi connectivity index (χ2v) is 7.29. The Hall–Kier alpha value is -2.12. The summed E-state index contributed by atoms with van der Waals surface area (Å²) in [5.74, 6) is -1.10. The maximum absolute atomic E-state index is 12.7. The normalized spacial score (nSPS) is 23.0. The van der Waals surface area contributed by atoms with Crippen LogP contribution >= 0.6 is 0 Å². The van der Waals surface area contributed by atoms with Crippen LogP contribution in [0.3, 0.4) is 0 Å². The van der Waals surface area contributed by atoms with Gasteiger partial charge in [0.2, 0.25) is 0 Å². The molecule has 1 fully saturated rings. The van der Waals surface area contributed by atoms with Gasteiger partial charge in [0.1, 0.15) is 5.75 Å². The van der Waals surface area contributed by atoms with Crippen LogP contribution in [0.5, 0.6) is 5.75 Å². The van der Waals surface area contributed by atoms with Gasteiger partial charge < -0.3 is 18.9 Å². The van der Waals surface area contributed by atoms with Crippen LogP contribution in [0, 0.1) is 17.8 Å². The average Bonchev–Trinajstić information content (AvgIpc) is 2.74. The molecule has 0 spiro atoms. The lowest BCUT2D eigenvalue weighted by atomic mass is 9.60. The zero-order chi connectivity index (χ0) is 22.1. The van der Waals surface area contributed by atoms with E-state index in [2.05, 4.69) is 18.7 Å². The molecule has 1 saturated carbocycles. The molecule has 0 amide bonds. The number of hydrogen-bond donors (Lipinski definition) is 0. The Bertz CT molecular complexity index is 673. The number of benzene rings is 1. The molecule has 1 aliphatic rings. The second-order valence-electron chi connectivity index (χ2n) is 7.29. The fraction of sp³-hybridized carbons (Fsp3) is 0.652. The summed E-state index contributed by atoms with van der Waals surface area (Å²) < 4.78 is 21.7. The van der Waals surface area contributed by atoms with Crippen molar-refractivity contribution >= 4 is 11.9 Å². The molecule has 0 radical (unpaired) electrons. The smallest absolute Gasteiger partial charge is 0.311 e. The molecule has 168 valence electrons. The third-order valence-electron chi connectivity index (χ3n) is 5.74. The van der Waals surface area contributed by atoms with Crippen molar-refractivity contribution in [2.45, 2.75) is 40.3 Å². The van der Waals surface area contributed by atoms with Crippen LogP contribution < -0.4 is 4.74 Å². The number of carbonyl (C=O) groups excluding carboxylic acids is 2. The Morgan fingerprint density at radius 1 is 0.900 bits per heavy atom. The van der Waals surface area contributed by atoms with E-state index in [9.17, 15) is 9.59 Å². The van der Waals surface area contributed by atoms with Crippen molar-refractivity contribution in [3.8, 4) is 5.75 Å². The highest BCUT2D eigenvalue weighted by Gasteiger charge is 2.60. The van der Waals surface area contributed by atoms with Crippen molar-refractivity contribution < 1.29 is 28.5 Å². The number of methoxy groups -OCH3 is 1. The highest BCUT2D eigenvalue weighted by Crippen LogP contribution is 2.46. The molecule has 7 heteroatoms. The third-order valence-corrected chi connectivity index (χ3v) is 5.74. The fourth-order valence-corrected chi connectivity index (χ4v) is 4.28. The molecule has 30 heavy (non-hydrogen) atoms. The molecule has 2 rings (SSSR count).